The van der Waals surface area contributed by atoms with Gasteiger partial charge in [-0.05, 0) is 37.6 Å². The zero-order valence-electron chi connectivity index (χ0n) is 9.57. The van der Waals surface area contributed by atoms with Crippen molar-refractivity contribution in [1.82, 2.24) is 4.98 Å². The Morgan fingerprint density at radius 2 is 2.19 bits per heavy atom. The van der Waals surface area contributed by atoms with Gasteiger partial charge in [0.25, 0.3) is 0 Å². The Labute approximate surface area is 95.2 Å². The highest BCUT2D eigenvalue weighted by molar-refractivity contribution is 5.92. The predicted octanol–water partition coefficient (Wildman–Crippen LogP) is 3.43. The van der Waals surface area contributed by atoms with Gasteiger partial charge in [-0.15, -0.1) is 0 Å². The number of aromatic nitrogens is 1. The van der Waals surface area contributed by atoms with Gasteiger partial charge in [0.05, 0.1) is 11.2 Å². The second kappa shape index (κ2) is 4.75. The molecule has 0 radical (unpaired) electrons. The largest absolute Gasteiger partial charge is 0.278 e. The third-order valence-corrected chi connectivity index (χ3v) is 2.52. The van der Waals surface area contributed by atoms with Crippen molar-refractivity contribution in [2.45, 2.75) is 20.3 Å². The fourth-order valence-corrected chi connectivity index (χ4v) is 1.44. The van der Waals surface area contributed by atoms with Crippen LogP contribution < -0.4 is 5.43 Å². The minimum absolute atomic E-state index is 0.954. The van der Waals surface area contributed by atoms with Crippen LogP contribution in [-0.2, 0) is 0 Å². The normalized spacial score (nSPS) is 11.8. The maximum absolute atomic E-state index is 4.30. The van der Waals surface area contributed by atoms with Crippen LogP contribution in [0.5, 0.6) is 0 Å². The molecule has 0 fully saturated rings. The van der Waals surface area contributed by atoms with Crippen molar-refractivity contribution < 1.29 is 0 Å². The van der Waals surface area contributed by atoms with Crippen molar-refractivity contribution in [3.05, 3.63) is 36.5 Å². The lowest BCUT2D eigenvalue weighted by Gasteiger charge is -2.05. The van der Waals surface area contributed by atoms with Crippen LogP contribution in [0.25, 0.3) is 10.9 Å². The van der Waals surface area contributed by atoms with Crippen LogP contribution in [0.3, 0.4) is 0 Å². The number of benzene rings is 1. The Balaban J connectivity index is 2.37. The van der Waals surface area contributed by atoms with Crippen LogP contribution in [0.2, 0.25) is 0 Å². The Morgan fingerprint density at radius 3 is 3.00 bits per heavy atom. The quantitative estimate of drug-likeness (QED) is 0.626. The van der Waals surface area contributed by atoms with Crippen LogP contribution in [0.15, 0.2) is 41.6 Å². The van der Waals surface area contributed by atoms with Gasteiger partial charge in [0, 0.05) is 17.3 Å². The van der Waals surface area contributed by atoms with Crippen LogP contribution >= 0.6 is 0 Å². The first kappa shape index (κ1) is 10.6. The van der Waals surface area contributed by atoms with Gasteiger partial charge < -0.3 is 0 Å². The second-order valence-corrected chi connectivity index (χ2v) is 3.69. The molecule has 1 N–H and O–H groups in total. The molecular weight excluding hydrogens is 198 g/mol. The molecule has 82 valence electrons. The molecule has 0 aliphatic heterocycles. The van der Waals surface area contributed by atoms with Crippen molar-refractivity contribution >= 4 is 22.3 Å². The smallest absolute Gasteiger partial charge is 0.0723 e. The minimum Gasteiger partial charge on any atom is -0.278 e. The highest BCUT2D eigenvalue weighted by Gasteiger charge is 1.99. The summed E-state index contributed by atoms with van der Waals surface area (Å²) < 4.78 is 0. The third kappa shape index (κ3) is 2.19. The lowest BCUT2D eigenvalue weighted by Crippen LogP contribution is -1.96. The number of nitrogens with zero attached hydrogens (tertiary/aromatic N) is 2. The van der Waals surface area contributed by atoms with Crippen LogP contribution in [-0.4, -0.2) is 10.7 Å². The molecule has 0 saturated heterocycles. The zero-order chi connectivity index (χ0) is 11.4. The van der Waals surface area contributed by atoms with Crippen molar-refractivity contribution in [3.63, 3.8) is 0 Å². The highest BCUT2D eigenvalue weighted by Crippen LogP contribution is 2.21. The molecule has 0 bridgehead atoms. The van der Waals surface area contributed by atoms with E-state index in [-0.39, 0.29) is 0 Å². The lowest BCUT2D eigenvalue weighted by atomic mass is 10.2. The number of rotatable bonds is 3. The zero-order valence-corrected chi connectivity index (χ0v) is 9.57. The molecule has 0 aliphatic rings. The van der Waals surface area contributed by atoms with Crippen LogP contribution in [0, 0.1) is 0 Å². The lowest BCUT2D eigenvalue weighted by molar-refractivity contribution is 1.21. The molecule has 0 unspecified atom stereocenters. The second-order valence-electron chi connectivity index (χ2n) is 3.69. The van der Waals surface area contributed by atoms with E-state index in [0.29, 0.717) is 0 Å². The molecule has 0 spiro atoms. The molecule has 0 saturated carbocycles. The third-order valence-electron chi connectivity index (χ3n) is 2.52. The van der Waals surface area contributed by atoms with E-state index in [4.69, 9.17) is 0 Å². The van der Waals surface area contributed by atoms with E-state index in [2.05, 4.69) is 22.4 Å². The van der Waals surface area contributed by atoms with Gasteiger partial charge in [0.15, 0.2) is 0 Å². The molecule has 1 aromatic heterocycles. The van der Waals surface area contributed by atoms with Crippen molar-refractivity contribution in [2.24, 2.45) is 5.10 Å². The minimum atomic E-state index is 0.954. The summed E-state index contributed by atoms with van der Waals surface area (Å²) in [6.45, 7) is 4.10. The molecule has 1 aromatic carbocycles. The summed E-state index contributed by atoms with van der Waals surface area (Å²) in [7, 11) is 0. The molecule has 1 heterocycles. The van der Waals surface area contributed by atoms with Gasteiger partial charge >= 0.3 is 0 Å². The first-order chi connectivity index (χ1) is 7.81. The van der Waals surface area contributed by atoms with E-state index in [1.165, 1.54) is 0 Å². The SMILES string of the molecule is CCC(C)=NNc1cccc2ncccc12. The number of fused-ring (bicyclic) bond motifs is 1. The Hall–Kier alpha value is -1.90. The van der Waals surface area contributed by atoms with Crippen molar-refractivity contribution in [1.29, 1.82) is 0 Å². The van der Waals surface area contributed by atoms with E-state index < -0.39 is 0 Å². The molecule has 0 aliphatic carbocycles. The number of anilines is 1. The van der Waals surface area contributed by atoms with E-state index in [1.807, 2.05) is 37.3 Å². The van der Waals surface area contributed by atoms with Gasteiger partial charge in [-0.1, -0.05) is 13.0 Å². The molecule has 0 atom stereocenters. The molecule has 0 amide bonds. The fourth-order valence-electron chi connectivity index (χ4n) is 1.44. The monoisotopic (exact) mass is 213 g/mol. The molecular formula is C13H15N3. The number of hydrogen-bond acceptors (Lipinski definition) is 3. The van der Waals surface area contributed by atoms with Gasteiger partial charge in [-0.3, -0.25) is 10.4 Å². The summed E-state index contributed by atoms with van der Waals surface area (Å²) in [4.78, 5) is 4.30. The Kier molecular flexibility index (Phi) is 3.15. The maximum atomic E-state index is 4.30. The average Bonchev–Trinajstić information content (AvgIpc) is 2.35. The molecule has 16 heavy (non-hydrogen) atoms. The van der Waals surface area contributed by atoms with Crippen LogP contribution in [0.4, 0.5) is 5.69 Å². The maximum Gasteiger partial charge on any atom is 0.0723 e. The summed E-state index contributed by atoms with van der Waals surface area (Å²) >= 11 is 0. The predicted molar refractivity (Wildman–Crippen MR) is 68.8 cm³/mol. The van der Waals surface area contributed by atoms with E-state index in [9.17, 15) is 0 Å². The summed E-state index contributed by atoms with van der Waals surface area (Å²) in [6.07, 6.45) is 2.75. The summed E-state index contributed by atoms with van der Waals surface area (Å²) in [5.74, 6) is 0. The summed E-state index contributed by atoms with van der Waals surface area (Å²) in [5, 5.41) is 5.40. The van der Waals surface area contributed by atoms with Crippen molar-refractivity contribution in [2.75, 3.05) is 5.43 Å². The standard InChI is InChI=1S/C13H15N3/c1-3-10(2)15-16-13-8-4-7-12-11(13)6-5-9-14-12/h4-9,16H,3H2,1-2H3. The number of hydrogen-bond donors (Lipinski definition) is 1. The van der Waals surface area contributed by atoms with E-state index in [0.717, 1.165) is 28.7 Å². The fraction of sp³-hybridized carbons (Fsp3) is 0.231. The van der Waals surface area contributed by atoms with Gasteiger partial charge in [-0.25, -0.2) is 0 Å². The number of pyridine rings is 1. The Bertz CT molecular complexity index is 512. The average molecular weight is 213 g/mol. The van der Waals surface area contributed by atoms with E-state index >= 15 is 0 Å². The first-order valence-electron chi connectivity index (χ1n) is 5.44. The van der Waals surface area contributed by atoms with Crippen LogP contribution in [0.1, 0.15) is 20.3 Å². The summed E-state index contributed by atoms with van der Waals surface area (Å²) in [6, 6.07) is 9.97. The Morgan fingerprint density at radius 1 is 1.31 bits per heavy atom. The molecule has 2 aromatic rings. The number of hydrazone groups is 1. The van der Waals surface area contributed by atoms with Gasteiger partial charge in [0.2, 0.25) is 0 Å². The topological polar surface area (TPSA) is 37.3 Å². The molecule has 3 nitrogen and oxygen atoms in total. The van der Waals surface area contributed by atoms with E-state index in [1.54, 1.807) is 6.20 Å². The first-order valence-corrected chi connectivity index (χ1v) is 5.44. The molecule has 2 rings (SSSR count). The highest BCUT2D eigenvalue weighted by atomic mass is 15.3. The summed E-state index contributed by atoms with van der Waals surface area (Å²) in [5.41, 5.74) is 6.15. The number of nitrogens with one attached hydrogen (secondary N) is 1. The molecule has 3 heteroatoms. The van der Waals surface area contributed by atoms with Crippen molar-refractivity contribution in [3.8, 4) is 0 Å². The van der Waals surface area contributed by atoms with Gasteiger partial charge in [-0.2, -0.15) is 5.10 Å². The van der Waals surface area contributed by atoms with Gasteiger partial charge in [0.1, 0.15) is 0 Å².